The van der Waals surface area contributed by atoms with Crippen molar-refractivity contribution in [2.45, 2.75) is 13.0 Å². The van der Waals surface area contributed by atoms with E-state index in [0.717, 1.165) is 22.3 Å². The lowest BCUT2D eigenvalue weighted by Crippen LogP contribution is -2.20. The van der Waals surface area contributed by atoms with Crippen molar-refractivity contribution in [1.82, 2.24) is 0 Å². The number of non-ortho nitro benzene ring substituents is 1. The molecule has 2 heterocycles. The van der Waals surface area contributed by atoms with Crippen LogP contribution in [0.5, 0.6) is 5.75 Å². The molecule has 0 spiro atoms. The monoisotopic (exact) mass is 388 g/mol. The summed E-state index contributed by atoms with van der Waals surface area (Å²) in [6.45, 7) is 1.97. The molecular formula is C22H20N4O3+2. The zero-order chi connectivity index (χ0) is 20.4. The normalized spacial score (nSPS) is 11.9. The Morgan fingerprint density at radius 2 is 1.72 bits per heavy atom. The summed E-state index contributed by atoms with van der Waals surface area (Å²) in [6.07, 6.45) is 3.57. The second kappa shape index (κ2) is 7.55. The maximum absolute atomic E-state index is 11.0. The van der Waals surface area contributed by atoms with Gasteiger partial charge in [0, 0.05) is 34.9 Å². The van der Waals surface area contributed by atoms with Crippen LogP contribution >= 0.6 is 0 Å². The van der Waals surface area contributed by atoms with Gasteiger partial charge in [0.05, 0.1) is 16.5 Å². The summed E-state index contributed by atoms with van der Waals surface area (Å²) >= 11 is 0. The van der Waals surface area contributed by atoms with Crippen molar-refractivity contribution in [1.29, 1.82) is 0 Å². The van der Waals surface area contributed by atoms with Gasteiger partial charge in [0.25, 0.3) is 17.0 Å². The molecule has 4 rings (SSSR count). The number of aromatic nitrogens is 2. The van der Waals surface area contributed by atoms with Crippen LogP contribution in [-0.2, 0) is 0 Å². The fourth-order valence-corrected chi connectivity index (χ4v) is 3.38. The fourth-order valence-electron chi connectivity index (χ4n) is 3.38. The number of phenols is 1. The van der Waals surface area contributed by atoms with Crippen LogP contribution < -0.4 is 15.3 Å². The van der Waals surface area contributed by atoms with E-state index >= 15 is 0 Å². The summed E-state index contributed by atoms with van der Waals surface area (Å²) in [7, 11) is 0. The maximum atomic E-state index is 11.0. The second-order valence-corrected chi connectivity index (χ2v) is 6.79. The van der Waals surface area contributed by atoms with E-state index in [-0.39, 0.29) is 11.4 Å². The number of aryl methyl sites for hydroxylation is 1. The van der Waals surface area contributed by atoms with Crippen LogP contribution in [0.15, 0.2) is 73.1 Å². The second-order valence-electron chi connectivity index (χ2n) is 6.79. The molecule has 4 N–H and O–H groups in total. The molecule has 7 heteroatoms. The van der Waals surface area contributed by atoms with Crippen LogP contribution in [0, 0.1) is 17.0 Å². The Morgan fingerprint density at radius 3 is 2.45 bits per heavy atom. The minimum absolute atomic E-state index is 0.0195. The number of H-pyrrole nitrogens is 2. The number of nitrogens with zero attached hydrogens (tertiary/aromatic N) is 1. The quantitative estimate of drug-likeness (QED) is 0.403. The third-order valence-electron chi connectivity index (χ3n) is 4.94. The number of rotatable bonds is 5. The van der Waals surface area contributed by atoms with Gasteiger partial charge in [-0.15, -0.1) is 0 Å². The van der Waals surface area contributed by atoms with Crippen molar-refractivity contribution < 1.29 is 20.0 Å². The van der Waals surface area contributed by atoms with Crippen LogP contribution in [0.3, 0.4) is 0 Å². The van der Waals surface area contributed by atoms with Crippen LogP contribution in [0.25, 0.3) is 10.9 Å². The van der Waals surface area contributed by atoms with Gasteiger partial charge >= 0.3 is 0 Å². The number of aromatic amines is 2. The zero-order valence-corrected chi connectivity index (χ0v) is 15.7. The number of aromatic hydroxyl groups is 1. The smallest absolute Gasteiger partial charge is 0.275 e. The number of benzene rings is 2. The van der Waals surface area contributed by atoms with Gasteiger partial charge in [-0.1, -0.05) is 0 Å². The third kappa shape index (κ3) is 3.58. The minimum Gasteiger partial charge on any atom is -0.502 e. The molecule has 0 radical (unpaired) electrons. The van der Waals surface area contributed by atoms with E-state index in [1.165, 1.54) is 12.1 Å². The molecule has 0 bridgehead atoms. The first-order valence-electron chi connectivity index (χ1n) is 9.15. The largest absolute Gasteiger partial charge is 0.502 e. The van der Waals surface area contributed by atoms with E-state index in [2.05, 4.69) is 15.3 Å². The number of phenolic OH excluding ortho intramolecular Hbond substituents is 1. The lowest BCUT2D eigenvalue weighted by Gasteiger charge is -2.17. The topological polar surface area (TPSA) is 104 Å². The summed E-state index contributed by atoms with van der Waals surface area (Å²) in [5, 5.41) is 26.3. The Bertz CT molecular complexity index is 1190. The summed E-state index contributed by atoms with van der Waals surface area (Å²) < 4.78 is 0. The summed E-state index contributed by atoms with van der Waals surface area (Å²) in [6, 6.07) is 17.4. The Morgan fingerprint density at radius 1 is 1.00 bits per heavy atom. The molecule has 144 valence electrons. The van der Waals surface area contributed by atoms with Crippen LogP contribution in [0.1, 0.15) is 22.7 Å². The molecule has 0 aliphatic carbocycles. The first-order valence-corrected chi connectivity index (χ1v) is 9.15. The number of hydrogen-bond acceptors (Lipinski definition) is 4. The number of pyridine rings is 2. The van der Waals surface area contributed by atoms with Crippen molar-refractivity contribution in [2.75, 3.05) is 5.32 Å². The average Bonchev–Trinajstić information content (AvgIpc) is 2.74. The van der Waals surface area contributed by atoms with E-state index in [4.69, 9.17) is 0 Å². The molecule has 0 saturated heterocycles. The number of anilines is 1. The summed E-state index contributed by atoms with van der Waals surface area (Å²) in [4.78, 5) is 16.9. The molecule has 4 aromatic rings. The molecule has 0 saturated carbocycles. The molecule has 0 fully saturated rings. The fraction of sp³-hybridized carbons (Fsp3) is 0.0909. The SMILES string of the molecule is Cc1ccc[nH+]c1NC(c1ccc([N+](=O)[O-])cc1)c1ccc2ccc[nH+]c2c1O. The molecular weight excluding hydrogens is 368 g/mol. The van der Waals surface area contributed by atoms with Gasteiger partial charge in [0.1, 0.15) is 6.04 Å². The maximum Gasteiger partial charge on any atom is 0.275 e. The average molecular weight is 388 g/mol. The third-order valence-corrected chi connectivity index (χ3v) is 4.94. The van der Waals surface area contributed by atoms with Crippen molar-refractivity contribution in [2.24, 2.45) is 0 Å². The highest BCUT2D eigenvalue weighted by molar-refractivity contribution is 5.83. The Labute approximate surface area is 166 Å². The highest BCUT2D eigenvalue weighted by atomic mass is 16.6. The van der Waals surface area contributed by atoms with Gasteiger partial charge in [0.15, 0.2) is 11.9 Å². The number of fused-ring (bicyclic) bond motifs is 1. The van der Waals surface area contributed by atoms with E-state index in [9.17, 15) is 15.2 Å². The van der Waals surface area contributed by atoms with E-state index in [1.807, 2.05) is 49.5 Å². The molecule has 2 aromatic heterocycles. The van der Waals surface area contributed by atoms with Gasteiger partial charge in [-0.2, -0.15) is 0 Å². The molecule has 1 atom stereocenters. The first kappa shape index (κ1) is 18.4. The van der Waals surface area contributed by atoms with E-state index < -0.39 is 11.0 Å². The van der Waals surface area contributed by atoms with Gasteiger partial charge in [-0.05, 0) is 49.4 Å². The van der Waals surface area contributed by atoms with Crippen LogP contribution in [-0.4, -0.2) is 10.0 Å². The highest BCUT2D eigenvalue weighted by Gasteiger charge is 2.26. The standard InChI is InChI=1S/C22H18N4O3/c1-14-4-2-13-24-22(14)25-19(16-6-9-17(10-7-16)26(28)29)18-11-8-15-5-3-12-23-20(15)21(18)27/h2-13,19,27H,1H3,(H,24,25)/p+2. The molecule has 0 aliphatic rings. The Kier molecular flexibility index (Phi) is 4.78. The number of nitro benzene ring substituents is 1. The predicted molar refractivity (Wildman–Crippen MR) is 108 cm³/mol. The van der Waals surface area contributed by atoms with Crippen molar-refractivity contribution in [3.63, 3.8) is 0 Å². The van der Waals surface area contributed by atoms with Gasteiger partial charge in [0.2, 0.25) is 0 Å². The van der Waals surface area contributed by atoms with Gasteiger partial charge < -0.3 is 5.11 Å². The minimum atomic E-state index is -0.427. The summed E-state index contributed by atoms with van der Waals surface area (Å²) in [5.74, 6) is 0.930. The van der Waals surface area contributed by atoms with E-state index in [1.54, 1.807) is 18.3 Å². The highest BCUT2D eigenvalue weighted by Crippen LogP contribution is 2.36. The van der Waals surface area contributed by atoms with Crippen LogP contribution in [0.4, 0.5) is 11.5 Å². The van der Waals surface area contributed by atoms with Gasteiger partial charge in [-0.25, -0.2) is 9.97 Å². The van der Waals surface area contributed by atoms with Crippen molar-refractivity contribution in [3.8, 4) is 5.75 Å². The molecule has 1 unspecified atom stereocenters. The van der Waals surface area contributed by atoms with E-state index in [0.29, 0.717) is 11.1 Å². The van der Waals surface area contributed by atoms with Gasteiger partial charge in [-0.3, -0.25) is 15.4 Å². The predicted octanol–water partition coefficient (Wildman–Crippen LogP) is 3.59. The molecule has 7 nitrogen and oxygen atoms in total. The number of nitrogens with one attached hydrogen (secondary N) is 3. The number of nitro groups is 1. The molecule has 0 aliphatic heterocycles. The Hall–Kier alpha value is -4.00. The molecule has 0 amide bonds. The number of hydrogen-bond donors (Lipinski definition) is 2. The summed E-state index contributed by atoms with van der Waals surface area (Å²) in [5.41, 5.74) is 3.10. The van der Waals surface area contributed by atoms with Crippen molar-refractivity contribution >= 4 is 22.4 Å². The molecule has 2 aromatic carbocycles. The molecule has 29 heavy (non-hydrogen) atoms. The first-order chi connectivity index (χ1) is 14.0. The lowest BCUT2D eigenvalue weighted by atomic mass is 9.96. The Balaban J connectivity index is 1.85. The van der Waals surface area contributed by atoms with Crippen LogP contribution in [0.2, 0.25) is 0 Å². The lowest BCUT2D eigenvalue weighted by molar-refractivity contribution is -0.384. The zero-order valence-electron chi connectivity index (χ0n) is 15.7. The van der Waals surface area contributed by atoms with Crippen molar-refractivity contribution in [3.05, 3.63) is 99.9 Å².